The molecule has 158 valence electrons. The lowest BCUT2D eigenvalue weighted by Gasteiger charge is -2.31. The largest absolute Gasteiger partial charge is 0.444 e. The standard InChI is InChI=1S/C21H31N5O3/c1-14(2)17-25-24-16(26(17)7)13-22-18(27)21(6,15-11-9-8-10-12-15)23-19(28)29-20(3,4)5/h8-12,14H,13H2,1-7H3,(H,22,27)(H,23,28)/t21-/m0/s1. The monoisotopic (exact) mass is 401 g/mol. The van der Waals surface area contributed by atoms with Crippen LogP contribution in [0.15, 0.2) is 30.3 Å². The average Bonchev–Trinajstić information content (AvgIpc) is 2.99. The number of benzene rings is 1. The molecule has 0 saturated heterocycles. The van der Waals surface area contributed by atoms with Gasteiger partial charge in [-0.05, 0) is 33.3 Å². The topological polar surface area (TPSA) is 98.1 Å². The Labute approximate surface area is 172 Å². The molecule has 1 atom stereocenters. The molecule has 0 unspecified atom stereocenters. The maximum atomic E-state index is 13.2. The van der Waals surface area contributed by atoms with E-state index in [1.165, 1.54) is 0 Å². The van der Waals surface area contributed by atoms with Crippen molar-refractivity contribution < 1.29 is 14.3 Å². The first kappa shape index (κ1) is 22.4. The quantitative estimate of drug-likeness (QED) is 0.775. The molecular formula is C21H31N5O3. The van der Waals surface area contributed by atoms with Crippen LogP contribution >= 0.6 is 0 Å². The number of rotatable bonds is 6. The summed E-state index contributed by atoms with van der Waals surface area (Å²) in [5.74, 6) is 1.32. The van der Waals surface area contributed by atoms with E-state index in [0.717, 1.165) is 5.82 Å². The van der Waals surface area contributed by atoms with Gasteiger partial charge in [-0.25, -0.2) is 4.79 Å². The summed E-state index contributed by atoms with van der Waals surface area (Å²) in [7, 11) is 1.87. The lowest BCUT2D eigenvalue weighted by molar-refractivity contribution is -0.127. The molecule has 2 N–H and O–H groups in total. The van der Waals surface area contributed by atoms with Crippen LogP contribution in [0.4, 0.5) is 4.79 Å². The second-order valence-corrected chi connectivity index (χ2v) is 8.49. The first-order valence-corrected chi connectivity index (χ1v) is 9.67. The van der Waals surface area contributed by atoms with Crippen LogP contribution in [0.5, 0.6) is 0 Å². The third-order valence-electron chi connectivity index (χ3n) is 4.48. The second-order valence-electron chi connectivity index (χ2n) is 8.49. The molecule has 1 aromatic heterocycles. The summed E-state index contributed by atoms with van der Waals surface area (Å²) < 4.78 is 7.23. The minimum absolute atomic E-state index is 0.188. The molecule has 1 heterocycles. The Hall–Kier alpha value is -2.90. The number of alkyl carbamates (subject to hydrolysis) is 1. The lowest BCUT2D eigenvalue weighted by Crippen LogP contribution is -2.55. The molecule has 0 radical (unpaired) electrons. The highest BCUT2D eigenvalue weighted by molar-refractivity contribution is 5.90. The van der Waals surface area contributed by atoms with Crippen LogP contribution in [0.3, 0.4) is 0 Å². The molecule has 0 bridgehead atoms. The van der Waals surface area contributed by atoms with E-state index in [2.05, 4.69) is 20.8 Å². The zero-order chi connectivity index (χ0) is 21.8. The summed E-state index contributed by atoms with van der Waals surface area (Å²) in [5, 5.41) is 13.9. The van der Waals surface area contributed by atoms with Gasteiger partial charge in [0.05, 0.1) is 6.54 Å². The first-order valence-electron chi connectivity index (χ1n) is 9.67. The Kier molecular flexibility index (Phi) is 6.66. The molecule has 0 saturated carbocycles. The van der Waals surface area contributed by atoms with E-state index in [1.54, 1.807) is 39.8 Å². The Morgan fingerprint density at radius 1 is 1.10 bits per heavy atom. The zero-order valence-electron chi connectivity index (χ0n) is 18.2. The van der Waals surface area contributed by atoms with Crippen molar-refractivity contribution in [2.24, 2.45) is 7.05 Å². The van der Waals surface area contributed by atoms with Crippen LogP contribution in [0.2, 0.25) is 0 Å². The molecule has 2 amide bonds. The van der Waals surface area contributed by atoms with E-state index in [1.807, 2.05) is 43.7 Å². The second kappa shape index (κ2) is 8.63. The highest BCUT2D eigenvalue weighted by atomic mass is 16.6. The number of amides is 2. The fraction of sp³-hybridized carbons (Fsp3) is 0.524. The predicted octanol–water partition coefficient (Wildman–Crippen LogP) is 2.99. The van der Waals surface area contributed by atoms with E-state index in [9.17, 15) is 9.59 Å². The lowest BCUT2D eigenvalue weighted by atomic mass is 9.91. The normalized spacial score (nSPS) is 13.7. The number of aromatic nitrogens is 3. The summed E-state index contributed by atoms with van der Waals surface area (Å²) in [4.78, 5) is 25.6. The van der Waals surface area contributed by atoms with Gasteiger partial charge in [-0.1, -0.05) is 44.2 Å². The van der Waals surface area contributed by atoms with E-state index in [-0.39, 0.29) is 18.4 Å². The van der Waals surface area contributed by atoms with Gasteiger partial charge in [-0.2, -0.15) is 0 Å². The van der Waals surface area contributed by atoms with E-state index in [0.29, 0.717) is 11.4 Å². The third kappa shape index (κ3) is 5.56. The van der Waals surface area contributed by atoms with Crippen molar-refractivity contribution in [2.75, 3.05) is 0 Å². The minimum Gasteiger partial charge on any atom is -0.444 e. The molecule has 2 rings (SSSR count). The molecule has 8 heteroatoms. The van der Waals surface area contributed by atoms with Crippen LogP contribution in [0.25, 0.3) is 0 Å². The molecule has 0 aliphatic heterocycles. The van der Waals surface area contributed by atoms with Crippen molar-refractivity contribution in [1.82, 2.24) is 25.4 Å². The summed E-state index contributed by atoms with van der Waals surface area (Å²) in [6.45, 7) is 11.2. The third-order valence-corrected chi connectivity index (χ3v) is 4.48. The summed E-state index contributed by atoms with van der Waals surface area (Å²) >= 11 is 0. The van der Waals surface area contributed by atoms with Crippen LogP contribution < -0.4 is 10.6 Å². The highest BCUT2D eigenvalue weighted by Crippen LogP contribution is 2.22. The van der Waals surface area contributed by atoms with Gasteiger partial charge in [-0.3, -0.25) is 4.79 Å². The van der Waals surface area contributed by atoms with Gasteiger partial charge in [0.15, 0.2) is 5.82 Å². The SMILES string of the molecule is CC(C)c1nnc(CNC(=O)[C@@](C)(NC(=O)OC(C)(C)C)c2ccccc2)n1C. The Morgan fingerprint density at radius 2 is 1.72 bits per heavy atom. The number of nitrogens with one attached hydrogen (secondary N) is 2. The fourth-order valence-electron chi connectivity index (χ4n) is 2.91. The van der Waals surface area contributed by atoms with Crippen molar-refractivity contribution in [2.45, 2.75) is 65.1 Å². The van der Waals surface area contributed by atoms with Crippen molar-refractivity contribution in [3.8, 4) is 0 Å². The van der Waals surface area contributed by atoms with Crippen molar-refractivity contribution in [3.63, 3.8) is 0 Å². The van der Waals surface area contributed by atoms with Crippen LogP contribution in [0, 0.1) is 0 Å². The molecule has 1 aromatic carbocycles. The Bertz CT molecular complexity index is 855. The van der Waals surface area contributed by atoms with Crippen LogP contribution in [-0.2, 0) is 28.7 Å². The van der Waals surface area contributed by atoms with Gasteiger partial charge < -0.3 is 19.9 Å². The molecule has 0 spiro atoms. The van der Waals surface area contributed by atoms with Crippen molar-refractivity contribution in [1.29, 1.82) is 0 Å². The number of hydrogen-bond donors (Lipinski definition) is 2. The van der Waals surface area contributed by atoms with Gasteiger partial charge in [0.2, 0.25) is 0 Å². The van der Waals surface area contributed by atoms with Crippen molar-refractivity contribution in [3.05, 3.63) is 47.5 Å². The minimum atomic E-state index is -1.32. The van der Waals surface area contributed by atoms with E-state index >= 15 is 0 Å². The predicted molar refractivity (Wildman–Crippen MR) is 110 cm³/mol. The highest BCUT2D eigenvalue weighted by Gasteiger charge is 2.38. The number of nitrogens with zero attached hydrogens (tertiary/aromatic N) is 3. The van der Waals surface area contributed by atoms with Gasteiger partial charge in [0.1, 0.15) is 17.0 Å². The maximum absolute atomic E-state index is 13.2. The summed E-state index contributed by atoms with van der Waals surface area (Å²) in [6, 6.07) is 9.05. The number of carbonyl (C=O) groups is 2. The van der Waals surface area contributed by atoms with Gasteiger partial charge in [-0.15, -0.1) is 10.2 Å². The molecule has 0 aliphatic carbocycles. The number of ether oxygens (including phenoxy) is 1. The van der Waals surface area contributed by atoms with Gasteiger partial charge in [0.25, 0.3) is 5.91 Å². The average molecular weight is 402 g/mol. The molecule has 8 nitrogen and oxygen atoms in total. The van der Waals surface area contributed by atoms with Gasteiger partial charge >= 0.3 is 6.09 Å². The first-order chi connectivity index (χ1) is 13.4. The molecule has 0 aliphatic rings. The Balaban J connectivity index is 2.22. The number of carbonyl (C=O) groups excluding carboxylic acids is 2. The molecule has 2 aromatic rings. The molecule has 29 heavy (non-hydrogen) atoms. The molecular weight excluding hydrogens is 370 g/mol. The van der Waals surface area contributed by atoms with Gasteiger partial charge in [0, 0.05) is 13.0 Å². The number of hydrogen-bond acceptors (Lipinski definition) is 5. The molecule has 0 fully saturated rings. The smallest absolute Gasteiger partial charge is 0.408 e. The van der Waals surface area contributed by atoms with Crippen LogP contribution in [-0.4, -0.2) is 32.4 Å². The summed E-state index contributed by atoms with van der Waals surface area (Å²) in [5.41, 5.74) is -1.35. The zero-order valence-corrected chi connectivity index (χ0v) is 18.2. The Morgan fingerprint density at radius 3 is 2.24 bits per heavy atom. The fourth-order valence-corrected chi connectivity index (χ4v) is 2.91. The maximum Gasteiger partial charge on any atom is 0.408 e. The summed E-state index contributed by atoms with van der Waals surface area (Å²) in [6.07, 6.45) is -0.667. The van der Waals surface area contributed by atoms with E-state index < -0.39 is 17.2 Å². The van der Waals surface area contributed by atoms with Crippen molar-refractivity contribution >= 4 is 12.0 Å². The van der Waals surface area contributed by atoms with E-state index in [4.69, 9.17) is 4.74 Å². The van der Waals surface area contributed by atoms with Crippen LogP contribution in [0.1, 0.15) is 64.7 Å².